The summed E-state index contributed by atoms with van der Waals surface area (Å²) in [6, 6.07) is 8.25. The van der Waals surface area contributed by atoms with E-state index in [1.807, 2.05) is 6.92 Å². The van der Waals surface area contributed by atoms with Crippen LogP contribution in [0.15, 0.2) is 30.3 Å². The van der Waals surface area contributed by atoms with E-state index in [4.69, 9.17) is 4.74 Å². The topological polar surface area (TPSA) is 64.4 Å². The number of ether oxygens (including phenoxy) is 1. The fraction of sp³-hybridized carbons (Fsp3) is 0.500. The van der Waals surface area contributed by atoms with E-state index in [9.17, 15) is 14.0 Å². The zero-order chi connectivity index (χ0) is 21.0. The number of nitrogens with zero attached hydrogens (tertiary/aromatic N) is 3. The van der Waals surface area contributed by atoms with Gasteiger partial charge >= 0.3 is 5.97 Å². The Kier molecular flexibility index (Phi) is 6.35. The number of likely N-dealkylation sites (tertiary alicyclic amines) is 1. The Morgan fingerprint density at radius 2 is 2.03 bits per heavy atom. The Morgan fingerprint density at radius 1 is 1.28 bits per heavy atom. The molecule has 2 aromatic rings. The van der Waals surface area contributed by atoms with Crippen LogP contribution in [0.3, 0.4) is 0 Å². The second-order valence-electron chi connectivity index (χ2n) is 7.60. The summed E-state index contributed by atoms with van der Waals surface area (Å²) in [5.74, 6) is -0.888. The molecule has 0 N–H and O–H groups in total. The molecule has 7 heteroatoms. The standard InChI is InChI=1S/C22H28FN3O3/c1-4-17-13-19(25(3)24-17)20(27)26-12-8-11-22(15-26,21(28)29-5-2)14-16-9-6-7-10-18(16)23/h6-7,9-10,13H,4-5,8,11-12,14-15H2,1-3H3. The Bertz CT molecular complexity index is 895. The number of halogens is 1. The number of hydrogen-bond donors (Lipinski definition) is 0. The summed E-state index contributed by atoms with van der Waals surface area (Å²) in [5.41, 5.74) is 0.838. The molecule has 1 aromatic heterocycles. The van der Waals surface area contributed by atoms with E-state index in [-0.39, 0.29) is 37.3 Å². The molecule has 1 unspecified atom stereocenters. The van der Waals surface area contributed by atoms with E-state index in [0.717, 1.165) is 12.1 Å². The predicted molar refractivity (Wildman–Crippen MR) is 107 cm³/mol. The summed E-state index contributed by atoms with van der Waals surface area (Å²) in [4.78, 5) is 27.8. The number of hydrogen-bond acceptors (Lipinski definition) is 4. The number of aromatic nitrogens is 2. The van der Waals surface area contributed by atoms with E-state index >= 15 is 0 Å². The number of piperidine rings is 1. The van der Waals surface area contributed by atoms with Gasteiger partial charge in [0.1, 0.15) is 11.5 Å². The highest BCUT2D eigenvalue weighted by Crippen LogP contribution is 2.36. The highest BCUT2D eigenvalue weighted by Gasteiger charge is 2.45. The fourth-order valence-corrected chi connectivity index (χ4v) is 4.04. The van der Waals surface area contributed by atoms with Crippen molar-refractivity contribution in [1.29, 1.82) is 0 Å². The Hall–Kier alpha value is -2.70. The minimum absolute atomic E-state index is 0.165. The molecule has 2 heterocycles. The first kappa shape index (κ1) is 21.0. The summed E-state index contributed by atoms with van der Waals surface area (Å²) in [6.07, 6.45) is 2.14. The van der Waals surface area contributed by atoms with Crippen LogP contribution in [0, 0.1) is 11.2 Å². The monoisotopic (exact) mass is 401 g/mol. The third kappa shape index (κ3) is 4.33. The molecule has 0 aliphatic carbocycles. The lowest BCUT2D eigenvalue weighted by atomic mass is 9.75. The number of carbonyl (C=O) groups is 2. The molecule has 0 saturated carbocycles. The molecule has 3 rings (SSSR count). The first-order chi connectivity index (χ1) is 13.9. The van der Waals surface area contributed by atoms with Gasteiger partial charge in [0, 0.05) is 20.1 Å². The van der Waals surface area contributed by atoms with Gasteiger partial charge in [-0.05, 0) is 50.3 Å². The zero-order valence-electron chi connectivity index (χ0n) is 17.3. The highest BCUT2D eigenvalue weighted by molar-refractivity contribution is 5.93. The third-order valence-corrected chi connectivity index (χ3v) is 5.57. The first-order valence-corrected chi connectivity index (χ1v) is 10.1. The van der Waals surface area contributed by atoms with Crippen LogP contribution in [0.4, 0.5) is 4.39 Å². The van der Waals surface area contributed by atoms with Crippen molar-refractivity contribution in [2.45, 2.75) is 39.5 Å². The first-order valence-electron chi connectivity index (χ1n) is 10.1. The maximum atomic E-state index is 14.3. The van der Waals surface area contributed by atoms with Crippen LogP contribution < -0.4 is 0 Å². The summed E-state index contributed by atoms with van der Waals surface area (Å²) >= 11 is 0. The predicted octanol–water partition coefficient (Wildman–Crippen LogP) is 3.15. The Balaban J connectivity index is 1.90. The number of esters is 1. The fourth-order valence-electron chi connectivity index (χ4n) is 4.04. The average Bonchev–Trinajstić information content (AvgIpc) is 3.10. The van der Waals surface area contributed by atoms with Gasteiger partial charge in [-0.1, -0.05) is 25.1 Å². The lowest BCUT2D eigenvalue weighted by molar-refractivity contribution is -0.158. The van der Waals surface area contributed by atoms with Gasteiger partial charge in [0.05, 0.1) is 17.7 Å². The van der Waals surface area contributed by atoms with Gasteiger partial charge < -0.3 is 9.64 Å². The molecule has 1 fully saturated rings. The van der Waals surface area contributed by atoms with Crippen molar-refractivity contribution in [1.82, 2.24) is 14.7 Å². The van der Waals surface area contributed by atoms with Gasteiger partial charge in [0.25, 0.3) is 5.91 Å². The van der Waals surface area contributed by atoms with E-state index in [1.54, 1.807) is 47.8 Å². The lowest BCUT2D eigenvalue weighted by Crippen LogP contribution is -2.52. The van der Waals surface area contributed by atoms with Crippen molar-refractivity contribution in [3.63, 3.8) is 0 Å². The summed E-state index contributed by atoms with van der Waals surface area (Å²) < 4.78 is 21.3. The molecule has 1 aromatic carbocycles. The second-order valence-corrected chi connectivity index (χ2v) is 7.60. The summed E-state index contributed by atoms with van der Waals surface area (Å²) in [6.45, 7) is 4.73. The minimum atomic E-state index is -0.960. The highest BCUT2D eigenvalue weighted by atomic mass is 19.1. The molecule has 29 heavy (non-hydrogen) atoms. The molecule has 6 nitrogen and oxygen atoms in total. The van der Waals surface area contributed by atoms with E-state index in [0.29, 0.717) is 30.6 Å². The smallest absolute Gasteiger partial charge is 0.314 e. The van der Waals surface area contributed by atoms with Crippen LogP contribution in [0.1, 0.15) is 48.4 Å². The molecule has 1 aliphatic rings. The van der Waals surface area contributed by atoms with Crippen LogP contribution in [0.5, 0.6) is 0 Å². The number of rotatable bonds is 6. The molecule has 156 valence electrons. The van der Waals surface area contributed by atoms with E-state index in [1.165, 1.54) is 6.07 Å². The molecule has 0 spiro atoms. The van der Waals surface area contributed by atoms with E-state index < -0.39 is 5.41 Å². The minimum Gasteiger partial charge on any atom is -0.466 e. The van der Waals surface area contributed by atoms with Gasteiger partial charge in [0.2, 0.25) is 0 Å². The van der Waals surface area contributed by atoms with Crippen LogP contribution in [0.25, 0.3) is 0 Å². The van der Waals surface area contributed by atoms with Gasteiger partial charge in [-0.15, -0.1) is 0 Å². The molecule has 0 bridgehead atoms. The zero-order valence-corrected chi connectivity index (χ0v) is 17.3. The van der Waals surface area contributed by atoms with Crippen LogP contribution in [-0.4, -0.2) is 46.3 Å². The van der Waals surface area contributed by atoms with Crippen molar-refractivity contribution in [3.05, 3.63) is 53.1 Å². The van der Waals surface area contributed by atoms with Gasteiger partial charge in [-0.25, -0.2) is 4.39 Å². The maximum Gasteiger partial charge on any atom is 0.314 e. The molecule has 1 amide bonds. The maximum absolute atomic E-state index is 14.3. The SMILES string of the molecule is CCOC(=O)C1(Cc2ccccc2F)CCCN(C(=O)c2cc(CC)nn2C)C1. The Morgan fingerprint density at radius 3 is 2.69 bits per heavy atom. The van der Waals surface area contributed by atoms with Crippen LogP contribution in [0.2, 0.25) is 0 Å². The molecule has 1 aliphatic heterocycles. The lowest BCUT2D eigenvalue weighted by Gasteiger charge is -2.41. The average molecular weight is 401 g/mol. The molecular formula is C22H28FN3O3. The normalized spacial score (nSPS) is 19.2. The second kappa shape index (κ2) is 8.76. The largest absolute Gasteiger partial charge is 0.466 e. The van der Waals surface area contributed by atoms with Crippen molar-refractivity contribution < 1.29 is 18.7 Å². The van der Waals surface area contributed by atoms with Crippen LogP contribution in [-0.2, 0) is 29.4 Å². The number of benzene rings is 1. The summed E-state index contributed by atoms with van der Waals surface area (Å²) in [7, 11) is 1.74. The van der Waals surface area contributed by atoms with Crippen LogP contribution >= 0.6 is 0 Å². The number of amides is 1. The van der Waals surface area contributed by atoms with Gasteiger partial charge in [-0.2, -0.15) is 5.10 Å². The van der Waals surface area contributed by atoms with Crippen molar-refractivity contribution in [3.8, 4) is 0 Å². The summed E-state index contributed by atoms with van der Waals surface area (Å²) in [5, 5.41) is 4.35. The van der Waals surface area contributed by atoms with Gasteiger partial charge in [-0.3, -0.25) is 14.3 Å². The molecule has 1 atom stereocenters. The number of aryl methyl sites for hydroxylation is 2. The quantitative estimate of drug-likeness (QED) is 0.698. The molecule has 1 saturated heterocycles. The molecular weight excluding hydrogens is 373 g/mol. The van der Waals surface area contributed by atoms with Crippen molar-refractivity contribution in [2.75, 3.05) is 19.7 Å². The van der Waals surface area contributed by atoms with Gasteiger partial charge in [0.15, 0.2) is 0 Å². The van der Waals surface area contributed by atoms with Crippen molar-refractivity contribution >= 4 is 11.9 Å². The Labute approximate surface area is 170 Å². The molecule has 0 radical (unpaired) electrons. The van der Waals surface area contributed by atoms with E-state index in [2.05, 4.69) is 5.10 Å². The van der Waals surface area contributed by atoms with Crippen molar-refractivity contribution in [2.24, 2.45) is 12.5 Å². The number of carbonyl (C=O) groups excluding carboxylic acids is 2. The third-order valence-electron chi connectivity index (χ3n) is 5.57.